The maximum Gasteiger partial charge on any atom is 0.355 e. The minimum absolute atomic E-state index is 0.124. The van der Waals surface area contributed by atoms with Gasteiger partial charge in [-0.1, -0.05) is 24.3 Å². The molecule has 0 bridgehead atoms. The molecule has 1 aromatic rings. The molecule has 0 aromatic heterocycles. The number of ether oxygens (including phenoxy) is 2. The van der Waals surface area contributed by atoms with Gasteiger partial charge in [-0.2, -0.15) is 0 Å². The number of nitrogens with zero attached hydrogens (tertiary/aromatic N) is 1. The second kappa shape index (κ2) is 7.48. The van der Waals surface area contributed by atoms with E-state index in [-0.39, 0.29) is 12.3 Å². The predicted octanol–water partition coefficient (Wildman–Crippen LogP) is 0.972. The van der Waals surface area contributed by atoms with E-state index < -0.39 is 40.1 Å². The number of methoxy groups -OCH3 is 1. The molecule has 0 spiro atoms. The van der Waals surface area contributed by atoms with Crippen molar-refractivity contribution in [3.8, 4) is 5.75 Å². The zero-order valence-electron chi connectivity index (χ0n) is 16.7. The van der Waals surface area contributed by atoms with Crippen LogP contribution in [-0.4, -0.2) is 63.8 Å². The number of carbonyl (C=O) groups excluding carboxylic acids is 3. The van der Waals surface area contributed by atoms with E-state index in [0.29, 0.717) is 16.9 Å². The molecule has 1 aliphatic carbocycles. The summed E-state index contributed by atoms with van der Waals surface area (Å²) in [5.41, 5.74) is 0.216. The van der Waals surface area contributed by atoms with Gasteiger partial charge >= 0.3 is 5.97 Å². The average Bonchev–Trinajstić information content (AvgIpc) is 2.97. The number of hydrogen-bond acceptors (Lipinski definition) is 7. The van der Waals surface area contributed by atoms with E-state index >= 15 is 0 Å². The minimum atomic E-state index is -1.17. The van der Waals surface area contributed by atoms with Crippen molar-refractivity contribution < 1.29 is 29.0 Å². The van der Waals surface area contributed by atoms with E-state index in [1.807, 2.05) is 6.07 Å². The van der Waals surface area contributed by atoms with Gasteiger partial charge in [0, 0.05) is 0 Å². The Labute approximate surface area is 177 Å². The fraction of sp³-hybridized carbons (Fsp3) is 0.381. The summed E-state index contributed by atoms with van der Waals surface area (Å²) in [6, 6.07) is 8.06. The third-order valence-corrected chi connectivity index (χ3v) is 7.35. The van der Waals surface area contributed by atoms with Crippen LogP contribution in [0.25, 0.3) is 0 Å². The van der Waals surface area contributed by atoms with Crippen LogP contribution in [0, 0.1) is 0 Å². The summed E-state index contributed by atoms with van der Waals surface area (Å²) in [7, 11) is 1.25. The molecular weight excluding hydrogens is 408 g/mol. The summed E-state index contributed by atoms with van der Waals surface area (Å²) in [6.45, 7) is 3.22. The summed E-state index contributed by atoms with van der Waals surface area (Å²) in [5.74, 6) is -0.943. The van der Waals surface area contributed by atoms with Crippen LogP contribution in [-0.2, 0) is 19.1 Å². The second-order valence-electron chi connectivity index (χ2n) is 7.53. The molecule has 2 amide bonds. The number of para-hydroxylation sites is 1. The van der Waals surface area contributed by atoms with Gasteiger partial charge in [-0.3, -0.25) is 14.5 Å². The number of nitrogens with one attached hydrogen (secondary N) is 1. The molecule has 9 heteroatoms. The van der Waals surface area contributed by atoms with Crippen molar-refractivity contribution in [3.63, 3.8) is 0 Å². The molecule has 2 heterocycles. The first-order valence-electron chi connectivity index (χ1n) is 9.45. The molecule has 4 atom stereocenters. The normalized spacial score (nSPS) is 29.5. The molecule has 1 saturated heterocycles. The van der Waals surface area contributed by atoms with Gasteiger partial charge in [0.25, 0.3) is 11.8 Å². The number of β-lactam (4-membered cyclic amide) rings is 1. The summed E-state index contributed by atoms with van der Waals surface area (Å²) in [6.07, 6.45) is 1.73. The number of thioether (sulfide) groups is 1. The van der Waals surface area contributed by atoms with Crippen molar-refractivity contribution in [2.45, 2.75) is 36.1 Å². The first kappa shape index (κ1) is 20.5. The summed E-state index contributed by atoms with van der Waals surface area (Å²) in [5, 5.41) is 12.6. The second-order valence-corrected chi connectivity index (χ2v) is 8.76. The van der Waals surface area contributed by atoms with Gasteiger partial charge < -0.3 is 19.9 Å². The van der Waals surface area contributed by atoms with E-state index in [1.165, 1.54) is 23.8 Å². The van der Waals surface area contributed by atoms with Crippen LogP contribution < -0.4 is 10.1 Å². The van der Waals surface area contributed by atoms with E-state index in [2.05, 4.69) is 5.32 Å². The highest BCUT2D eigenvalue weighted by Gasteiger charge is 2.60. The molecule has 1 fully saturated rings. The van der Waals surface area contributed by atoms with Crippen LogP contribution in [0.3, 0.4) is 0 Å². The lowest BCUT2D eigenvalue weighted by atomic mass is 9.96. The van der Waals surface area contributed by atoms with Gasteiger partial charge in [-0.25, -0.2) is 4.79 Å². The number of hydrogen-bond donors (Lipinski definition) is 2. The van der Waals surface area contributed by atoms with Crippen LogP contribution in [0.2, 0.25) is 0 Å². The summed E-state index contributed by atoms with van der Waals surface area (Å²) in [4.78, 5) is 38.9. The van der Waals surface area contributed by atoms with Crippen LogP contribution in [0.5, 0.6) is 5.75 Å². The fourth-order valence-electron chi connectivity index (χ4n) is 3.81. The molecule has 3 aliphatic rings. The number of carbonyl (C=O) groups is 3. The number of rotatable bonds is 5. The van der Waals surface area contributed by atoms with E-state index in [0.717, 1.165) is 0 Å². The molecule has 0 radical (unpaired) electrons. The maximum absolute atomic E-state index is 12.8. The zero-order chi connectivity index (χ0) is 21.6. The summed E-state index contributed by atoms with van der Waals surface area (Å²) >= 11 is 1.34. The quantitative estimate of drug-likeness (QED) is 0.530. The number of amides is 2. The van der Waals surface area contributed by atoms with Crippen LogP contribution in [0.1, 0.15) is 13.8 Å². The van der Waals surface area contributed by atoms with Gasteiger partial charge in [0.15, 0.2) is 6.61 Å². The van der Waals surface area contributed by atoms with Crippen molar-refractivity contribution >= 4 is 29.5 Å². The van der Waals surface area contributed by atoms with E-state index in [4.69, 9.17) is 9.47 Å². The smallest absolute Gasteiger partial charge is 0.355 e. The number of allylic oxidation sites excluding steroid dienone is 1. The Hall–Kier alpha value is -2.78. The Morgan fingerprint density at radius 2 is 2.00 bits per heavy atom. The van der Waals surface area contributed by atoms with E-state index in [1.54, 1.807) is 44.2 Å². The third-order valence-electron chi connectivity index (χ3n) is 5.60. The van der Waals surface area contributed by atoms with Crippen LogP contribution in [0.15, 0.2) is 53.3 Å². The first-order valence-corrected chi connectivity index (χ1v) is 10.4. The van der Waals surface area contributed by atoms with Crippen LogP contribution in [0.4, 0.5) is 0 Å². The SMILES string of the molecule is COC(=O)C1=C2C=C(C)C(C)(O)[C@@H]2S[C@@H]2[C@H](NC(=O)COc3ccccc3)C(=O)N12. The Bertz CT molecular complexity index is 971. The van der Waals surface area contributed by atoms with E-state index in [9.17, 15) is 19.5 Å². The zero-order valence-corrected chi connectivity index (χ0v) is 17.6. The lowest BCUT2D eigenvalue weighted by Crippen LogP contribution is -2.71. The third kappa shape index (κ3) is 3.18. The Morgan fingerprint density at radius 1 is 1.30 bits per heavy atom. The fourth-order valence-corrected chi connectivity index (χ4v) is 5.54. The highest BCUT2D eigenvalue weighted by atomic mass is 32.2. The predicted molar refractivity (Wildman–Crippen MR) is 109 cm³/mol. The van der Waals surface area contributed by atoms with Gasteiger partial charge in [0.2, 0.25) is 0 Å². The molecule has 30 heavy (non-hydrogen) atoms. The van der Waals surface area contributed by atoms with Gasteiger partial charge in [0.05, 0.1) is 18.0 Å². The Balaban J connectivity index is 1.51. The molecule has 2 N–H and O–H groups in total. The number of esters is 1. The largest absolute Gasteiger partial charge is 0.484 e. The monoisotopic (exact) mass is 430 g/mol. The molecule has 0 saturated carbocycles. The molecule has 2 aliphatic heterocycles. The Kier molecular flexibility index (Phi) is 5.11. The highest BCUT2D eigenvalue weighted by molar-refractivity contribution is 8.01. The van der Waals surface area contributed by atoms with Crippen molar-refractivity contribution in [3.05, 3.63) is 53.3 Å². The standard InChI is InChI=1S/C21H22N2O6S/c1-11-9-13-16(20(26)28-3)23-18(25)15(19(23)30-17(13)21(11,2)27)22-14(24)10-29-12-7-5-4-6-8-12/h4-9,15,17,19,27H,10H2,1-3H3,(H,22,24)/t15-,17-,19-,21?/m1/s1. The highest BCUT2D eigenvalue weighted by Crippen LogP contribution is 2.52. The molecule has 1 unspecified atom stereocenters. The first-order chi connectivity index (χ1) is 14.3. The molecule has 4 rings (SSSR count). The molecule has 8 nitrogen and oxygen atoms in total. The van der Waals surface area contributed by atoms with Gasteiger partial charge in [-0.15, -0.1) is 11.8 Å². The number of fused-ring (bicyclic) bond motifs is 2. The van der Waals surface area contributed by atoms with Crippen LogP contribution >= 0.6 is 11.8 Å². The lowest BCUT2D eigenvalue weighted by Gasteiger charge is -2.52. The minimum Gasteiger partial charge on any atom is -0.484 e. The van der Waals surface area contributed by atoms with Crippen molar-refractivity contribution in [1.29, 1.82) is 0 Å². The molecule has 158 valence electrons. The lowest BCUT2D eigenvalue weighted by molar-refractivity contribution is -0.152. The van der Waals surface area contributed by atoms with Crippen molar-refractivity contribution in [1.82, 2.24) is 10.2 Å². The van der Waals surface area contributed by atoms with Crippen molar-refractivity contribution in [2.24, 2.45) is 0 Å². The number of aliphatic hydroxyl groups is 1. The molecular formula is C21H22N2O6S. The van der Waals surface area contributed by atoms with Gasteiger partial charge in [-0.05, 0) is 37.1 Å². The van der Waals surface area contributed by atoms with Crippen molar-refractivity contribution in [2.75, 3.05) is 13.7 Å². The number of benzene rings is 1. The average molecular weight is 430 g/mol. The summed E-state index contributed by atoms with van der Waals surface area (Å²) < 4.78 is 10.3. The Morgan fingerprint density at radius 3 is 2.67 bits per heavy atom. The maximum atomic E-state index is 12.8. The van der Waals surface area contributed by atoms with Gasteiger partial charge in [0.1, 0.15) is 22.9 Å². The molecule has 1 aromatic carbocycles. The topological polar surface area (TPSA) is 105 Å².